The first-order valence-electron chi connectivity index (χ1n) is 6.93. The predicted octanol–water partition coefficient (Wildman–Crippen LogP) is 1.96. The van der Waals surface area contributed by atoms with Crippen molar-refractivity contribution in [2.75, 3.05) is 13.7 Å². The summed E-state index contributed by atoms with van der Waals surface area (Å²) in [4.78, 5) is 12.3. The van der Waals surface area contributed by atoms with Gasteiger partial charge in [0.05, 0.1) is 12.7 Å². The zero-order valence-corrected chi connectivity index (χ0v) is 11.6. The number of ether oxygens (including phenoxy) is 1. The molecule has 104 valence electrons. The maximum absolute atomic E-state index is 12.3. The fraction of sp³-hybridized carbons (Fsp3) is 0.533. The number of para-hydroxylation sites is 1. The average molecular weight is 262 g/mol. The van der Waals surface area contributed by atoms with Crippen LogP contribution in [0.1, 0.15) is 36.5 Å². The number of amides is 1. The van der Waals surface area contributed by atoms with Gasteiger partial charge >= 0.3 is 0 Å². The van der Waals surface area contributed by atoms with Crippen LogP contribution < -0.4 is 15.4 Å². The first-order chi connectivity index (χ1) is 9.26. The van der Waals surface area contributed by atoms with Crippen LogP contribution >= 0.6 is 0 Å². The molecule has 1 amide bonds. The van der Waals surface area contributed by atoms with E-state index < -0.39 is 0 Å². The van der Waals surface area contributed by atoms with Gasteiger partial charge in [-0.1, -0.05) is 19.1 Å². The molecule has 0 saturated carbocycles. The van der Waals surface area contributed by atoms with Crippen LogP contribution in [0.4, 0.5) is 0 Å². The topological polar surface area (TPSA) is 50.4 Å². The third-order valence-corrected chi connectivity index (χ3v) is 3.69. The minimum atomic E-state index is -0.0574. The molecule has 4 nitrogen and oxygen atoms in total. The van der Waals surface area contributed by atoms with Crippen LogP contribution in [-0.2, 0) is 0 Å². The Hall–Kier alpha value is -1.55. The fourth-order valence-corrected chi connectivity index (χ4v) is 2.62. The lowest BCUT2D eigenvalue weighted by Gasteiger charge is -2.24. The van der Waals surface area contributed by atoms with Crippen molar-refractivity contribution in [1.82, 2.24) is 10.6 Å². The van der Waals surface area contributed by atoms with Crippen molar-refractivity contribution in [1.29, 1.82) is 0 Å². The average Bonchev–Trinajstić information content (AvgIpc) is 2.98. The lowest BCUT2D eigenvalue weighted by atomic mass is 10.0. The summed E-state index contributed by atoms with van der Waals surface area (Å²) in [5.74, 6) is 0.562. The van der Waals surface area contributed by atoms with Gasteiger partial charge in [0.2, 0.25) is 0 Å². The Labute approximate surface area is 114 Å². The molecule has 2 rings (SSSR count). The minimum Gasteiger partial charge on any atom is -0.496 e. The number of methoxy groups -OCH3 is 1. The summed E-state index contributed by atoms with van der Waals surface area (Å²) in [6, 6.07) is 7.90. The van der Waals surface area contributed by atoms with Crippen LogP contribution in [0.5, 0.6) is 5.75 Å². The van der Waals surface area contributed by atoms with Gasteiger partial charge in [0.1, 0.15) is 5.75 Å². The lowest BCUT2D eigenvalue weighted by molar-refractivity contribution is 0.0924. The van der Waals surface area contributed by atoms with E-state index in [1.807, 2.05) is 18.2 Å². The molecule has 1 saturated heterocycles. The van der Waals surface area contributed by atoms with E-state index in [0.717, 1.165) is 19.4 Å². The molecule has 19 heavy (non-hydrogen) atoms. The van der Waals surface area contributed by atoms with E-state index in [2.05, 4.69) is 17.6 Å². The van der Waals surface area contributed by atoms with E-state index in [0.29, 0.717) is 17.4 Å². The van der Waals surface area contributed by atoms with Crippen LogP contribution in [0, 0.1) is 0 Å². The molecule has 2 unspecified atom stereocenters. The van der Waals surface area contributed by atoms with Crippen LogP contribution in [0.15, 0.2) is 24.3 Å². The summed E-state index contributed by atoms with van der Waals surface area (Å²) in [7, 11) is 1.59. The van der Waals surface area contributed by atoms with Gasteiger partial charge in [-0.3, -0.25) is 4.79 Å². The molecule has 0 aromatic heterocycles. The highest BCUT2D eigenvalue weighted by molar-refractivity contribution is 5.97. The molecule has 1 aromatic rings. The molecule has 0 spiro atoms. The summed E-state index contributed by atoms with van der Waals surface area (Å²) in [5, 5.41) is 6.57. The van der Waals surface area contributed by atoms with Crippen molar-refractivity contribution in [3.63, 3.8) is 0 Å². The molecule has 1 heterocycles. The fourth-order valence-electron chi connectivity index (χ4n) is 2.62. The maximum atomic E-state index is 12.3. The molecule has 0 radical (unpaired) electrons. The number of nitrogens with one attached hydrogen (secondary N) is 2. The summed E-state index contributed by atoms with van der Waals surface area (Å²) < 4.78 is 5.23. The van der Waals surface area contributed by atoms with Gasteiger partial charge in [-0.15, -0.1) is 0 Å². The highest BCUT2D eigenvalue weighted by Crippen LogP contribution is 2.18. The zero-order chi connectivity index (χ0) is 13.7. The van der Waals surface area contributed by atoms with Crippen molar-refractivity contribution >= 4 is 5.91 Å². The van der Waals surface area contributed by atoms with Crippen LogP contribution in [0.25, 0.3) is 0 Å². The summed E-state index contributed by atoms with van der Waals surface area (Å²) in [6.45, 7) is 3.15. The third-order valence-electron chi connectivity index (χ3n) is 3.69. The summed E-state index contributed by atoms with van der Waals surface area (Å²) >= 11 is 0. The van der Waals surface area contributed by atoms with E-state index in [-0.39, 0.29) is 11.9 Å². The number of rotatable bonds is 5. The van der Waals surface area contributed by atoms with Gasteiger partial charge in [0.15, 0.2) is 0 Å². The van der Waals surface area contributed by atoms with Crippen molar-refractivity contribution in [3.8, 4) is 5.75 Å². The molecule has 4 heteroatoms. The normalized spacial score (nSPS) is 20.0. The largest absolute Gasteiger partial charge is 0.496 e. The molecule has 1 aliphatic rings. The number of hydrogen-bond acceptors (Lipinski definition) is 3. The molecule has 1 aliphatic heterocycles. The Bertz CT molecular complexity index is 428. The van der Waals surface area contributed by atoms with Gasteiger partial charge in [0.25, 0.3) is 5.91 Å². The number of carbonyl (C=O) groups excluding carboxylic acids is 1. The first kappa shape index (κ1) is 13.9. The van der Waals surface area contributed by atoms with Gasteiger partial charge in [-0.2, -0.15) is 0 Å². The van der Waals surface area contributed by atoms with Gasteiger partial charge in [-0.25, -0.2) is 0 Å². The van der Waals surface area contributed by atoms with Crippen molar-refractivity contribution in [2.45, 2.75) is 38.3 Å². The molecule has 1 aromatic carbocycles. The van der Waals surface area contributed by atoms with Crippen molar-refractivity contribution < 1.29 is 9.53 Å². The second-order valence-corrected chi connectivity index (χ2v) is 4.89. The monoisotopic (exact) mass is 262 g/mol. The van der Waals surface area contributed by atoms with Gasteiger partial charge in [0, 0.05) is 12.1 Å². The van der Waals surface area contributed by atoms with Crippen molar-refractivity contribution in [2.24, 2.45) is 0 Å². The van der Waals surface area contributed by atoms with E-state index in [1.165, 1.54) is 6.42 Å². The summed E-state index contributed by atoms with van der Waals surface area (Å²) in [5.41, 5.74) is 0.599. The Balaban J connectivity index is 2.06. The van der Waals surface area contributed by atoms with E-state index in [4.69, 9.17) is 4.74 Å². The lowest BCUT2D eigenvalue weighted by Crippen LogP contribution is -2.47. The van der Waals surface area contributed by atoms with Gasteiger partial charge in [-0.05, 0) is 37.9 Å². The van der Waals surface area contributed by atoms with Crippen LogP contribution in [0.2, 0.25) is 0 Å². The van der Waals surface area contributed by atoms with E-state index in [1.54, 1.807) is 13.2 Å². The Kier molecular flexibility index (Phi) is 4.80. The predicted molar refractivity (Wildman–Crippen MR) is 75.6 cm³/mol. The Morgan fingerprint density at radius 2 is 2.32 bits per heavy atom. The van der Waals surface area contributed by atoms with Crippen molar-refractivity contribution in [3.05, 3.63) is 29.8 Å². The minimum absolute atomic E-state index is 0.0574. The second-order valence-electron chi connectivity index (χ2n) is 4.89. The highest BCUT2D eigenvalue weighted by Gasteiger charge is 2.25. The highest BCUT2D eigenvalue weighted by atomic mass is 16.5. The second kappa shape index (κ2) is 6.57. The standard InChI is InChI=1S/C15H22N2O2/c1-3-12(13-8-6-10-16-13)17-15(18)11-7-4-5-9-14(11)19-2/h4-5,7,9,12-13,16H,3,6,8,10H2,1-2H3,(H,17,18). The molecule has 1 fully saturated rings. The third kappa shape index (κ3) is 3.26. The molecule has 0 bridgehead atoms. The SMILES string of the molecule is CCC(NC(=O)c1ccccc1OC)C1CCCN1. The summed E-state index contributed by atoms with van der Waals surface area (Å²) in [6.07, 6.45) is 3.25. The quantitative estimate of drug-likeness (QED) is 0.853. The maximum Gasteiger partial charge on any atom is 0.255 e. The molecule has 2 atom stereocenters. The van der Waals surface area contributed by atoms with E-state index in [9.17, 15) is 4.79 Å². The van der Waals surface area contributed by atoms with Crippen LogP contribution in [0.3, 0.4) is 0 Å². The smallest absolute Gasteiger partial charge is 0.255 e. The zero-order valence-electron chi connectivity index (χ0n) is 11.6. The molecular formula is C15H22N2O2. The molecule has 0 aliphatic carbocycles. The van der Waals surface area contributed by atoms with Crippen LogP contribution in [-0.4, -0.2) is 31.6 Å². The Morgan fingerprint density at radius 3 is 2.95 bits per heavy atom. The van der Waals surface area contributed by atoms with Gasteiger partial charge < -0.3 is 15.4 Å². The first-order valence-corrected chi connectivity index (χ1v) is 6.93. The van der Waals surface area contributed by atoms with E-state index >= 15 is 0 Å². The number of hydrogen-bond donors (Lipinski definition) is 2. The number of benzene rings is 1. The molecule has 2 N–H and O–H groups in total. The number of carbonyl (C=O) groups is 1. The Morgan fingerprint density at radius 1 is 1.53 bits per heavy atom. The molecular weight excluding hydrogens is 240 g/mol.